The number of benzene rings is 1. The predicted octanol–water partition coefficient (Wildman–Crippen LogP) is 2.61. The van der Waals surface area contributed by atoms with Crippen LogP contribution in [0.5, 0.6) is 0 Å². The van der Waals surface area contributed by atoms with Gasteiger partial charge >= 0.3 is 0 Å². The summed E-state index contributed by atoms with van der Waals surface area (Å²) in [4.78, 5) is 1.48. The second kappa shape index (κ2) is 4.37. The van der Waals surface area contributed by atoms with E-state index < -0.39 is 0 Å². The molecule has 0 aromatic heterocycles. The fraction of sp³-hybridized carbons (Fsp3) is 0.500. The number of hydrogen-bond acceptors (Lipinski definition) is 2. The number of hydrogen-bond donors (Lipinski definition) is 1. The van der Waals surface area contributed by atoms with E-state index in [1.165, 1.54) is 34.6 Å². The van der Waals surface area contributed by atoms with Gasteiger partial charge in [-0.3, -0.25) is 0 Å². The summed E-state index contributed by atoms with van der Waals surface area (Å²) in [5, 5.41) is 0. The van der Waals surface area contributed by atoms with Crippen molar-refractivity contribution in [2.45, 2.75) is 37.1 Å². The van der Waals surface area contributed by atoms with Gasteiger partial charge in [-0.2, -0.15) is 0 Å². The molecule has 2 rings (SSSR count). The van der Waals surface area contributed by atoms with Crippen molar-refractivity contribution in [2.75, 3.05) is 5.75 Å². The molecule has 2 heteroatoms. The van der Waals surface area contributed by atoms with Crippen LogP contribution in [0.3, 0.4) is 0 Å². The molecule has 14 heavy (non-hydrogen) atoms. The molecule has 1 nitrogen and oxygen atoms in total. The van der Waals surface area contributed by atoms with Crippen LogP contribution in [0.2, 0.25) is 0 Å². The maximum Gasteiger partial charge on any atom is 0.0107 e. The van der Waals surface area contributed by atoms with Gasteiger partial charge in [0, 0.05) is 10.9 Å². The summed E-state index contributed by atoms with van der Waals surface area (Å²) in [6, 6.07) is 7.09. The summed E-state index contributed by atoms with van der Waals surface area (Å²) in [7, 11) is 0. The van der Waals surface area contributed by atoms with E-state index in [-0.39, 0.29) is 6.04 Å². The zero-order chi connectivity index (χ0) is 9.97. The van der Waals surface area contributed by atoms with Gasteiger partial charge in [0.2, 0.25) is 0 Å². The number of fused-ring (bicyclic) bond motifs is 1. The quantitative estimate of drug-likeness (QED) is 0.806. The molecule has 1 atom stereocenters. The predicted molar refractivity (Wildman–Crippen MR) is 62.8 cm³/mol. The van der Waals surface area contributed by atoms with E-state index in [4.69, 9.17) is 5.73 Å². The number of rotatable bonds is 2. The molecular weight excluding hydrogens is 190 g/mol. The maximum atomic E-state index is 5.79. The molecule has 0 aliphatic carbocycles. The van der Waals surface area contributed by atoms with Crippen molar-refractivity contribution < 1.29 is 0 Å². The average molecular weight is 207 g/mol. The van der Waals surface area contributed by atoms with Gasteiger partial charge in [-0.05, 0) is 49.1 Å². The van der Waals surface area contributed by atoms with Gasteiger partial charge in [-0.25, -0.2) is 0 Å². The van der Waals surface area contributed by atoms with Crippen LogP contribution in [0.1, 0.15) is 24.5 Å². The van der Waals surface area contributed by atoms with E-state index in [1.807, 2.05) is 11.8 Å². The second-order valence-corrected chi connectivity index (χ2v) is 5.21. The molecule has 1 aliphatic heterocycles. The van der Waals surface area contributed by atoms with Crippen LogP contribution in [-0.4, -0.2) is 11.8 Å². The summed E-state index contributed by atoms with van der Waals surface area (Å²) in [5.74, 6) is 1.27. The fourth-order valence-corrected chi connectivity index (χ4v) is 2.98. The molecule has 0 bridgehead atoms. The van der Waals surface area contributed by atoms with Crippen LogP contribution in [0.4, 0.5) is 0 Å². The zero-order valence-corrected chi connectivity index (χ0v) is 9.44. The highest BCUT2D eigenvalue weighted by molar-refractivity contribution is 7.99. The van der Waals surface area contributed by atoms with Crippen LogP contribution in [0.15, 0.2) is 23.1 Å². The molecule has 0 fully saturated rings. The Balaban J connectivity index is 2.20. The van der Waals surface area contributed by atoms with Gasteiger partial charge in [0.1, 0.15) is 0 Å². The first kappa shape index (κ1) is 10.1. The zero-order valence-electron chi connectivity index (χ0n) is 8.62. The first-order valence-electron chi connectivity index (χ1n) is 5.26. The lowest BCUT2D eigenvalue weighted by Crippen LogP contribution is -2.17. The van der Waals surface area contributed by atoms with Crippen molar-refractivity contribution >= 4 is 11.8 Å². The molecule has 76 valence electrons. The van der Waals surface area contributed by atoms with Crippen molar-refractivity contribution in [3.05, 3.63) is 29.3 Å². The van der Waals surface area contributed by atoms with Gasteiger partial charge in [-0.15, -0.1) is 11.8 Å². The van der Waals surface area contributed by atoms with Gasteiger partial charge in [0.15, 0.2) is 0 Å². The first-order chi connectivity index (χ1) is 6.75. The van der Waals surface area contributed by atoms with Crippen molar-refractivity contribution in [3.8, 4) is 0 Å². The Morgan fingerprint density at radius 2 is 2.36 bits per heavy atom. The lowest BCUT2D eigenvalue weighted by atomic mass is 10.0. The van der Waals surface area contributed by atoms with Crippen LogP contribution >= 0.6 is 11.8 Å². The molecule has 1 heterocycles. The van der Waals surface area contributed by atoms with E-state index >= 15 is 0 Å². The third kappa shape index (κ3) is 2.31. The second-order valence-electron chi connectivity index (χ2n) is 4.08. The minimum Gasteiger partial charge on any atom is -0.328 e. The van der Waals surface area contributed by atoms with Crippen LogP contribution in [-0.2, 0) is 12.8 Å². The van der Waals surface area contributed by atoms with Crippen molar-refractivity contribution in [3.63, 3.8) is 0 Å². The van der Waals surface area contributed by atoms with Crippen molar-refractivity contribution in [1.82, 2.24) is 0 Å². The summed E-state index contributed by atoms with van der Waals surface area (Å²) in [5.41, 5.74) is 8.70. The summed E-state index contributed by atoms with van der Waals surface area (Å²) in [6.45, 7) is 2.06. The monoisotopic (exact) mass is 207 g/mol. The first-order valence-corrected chi connectivity index (χ1v) is 6.24. The Labute approximate surface area is 90.1 Å². The van der Waals surface area contributed by atoms with Crippen LogP contribution in [0, 0.1) is 0 Å². The Morgan fingerprint density at radius 1 is 1.50 bits per heavy atom. The minimum absolute atomic E-state index is 0.265. The molecule has 1 aromatic carbocycles. The Bertz CT molecular complexity index is 320. The third-order valence-electron chi connectivity index (χ3n) is 2.54. The number of nitrogens with two attached hydrogens (primary N) is 1. The van der Waals surface area contributed by atoms with Gasteiger partial charge < -0.3 is 5.73 Å². The molecule has 0 amide bonds. The summed E-state index contributed by atoms with van der Waals surface area (Å²) in [6.07, 6.45) is 3.57. The largest absolute Gasteiger partial charge is 0.328 e. The topological polar surface area (TPSA) is 26.0 Å². The fourth-order valence-electron chi connectivity index (χ4n) is 1.88. The standard InChI is InChI=1S/C12H17NS/c1-9(13)7-10-4-5-11-3-2-6-14-12(11)8-10/h4-5,8-9H,2-3,6-7,13H2,1H3. The highest BCUT2D eigenvalue weighted by Crippen LogP contribution is 2.30. The van der Waals surface area contributed by atoms with Crippen LogP contribution < -0.4 is 5.73 Å². The molecule has 1 aliphatic rings. The van der Waals surface area contributed by atoms with Gasteiger partial charge in [0.05, 0.1) is 0 Å². The molecular formula is C12H17NS. The van der Waals surface area contributed by atoms with Crippen LogP contribution in [0.25, 0.3) is 0 Å². The lowest BCUT2D eigenvalue weighted by Gasteiger charge is -2.16. The number of aryl methyl sites for hydroxylation is 1. The third-order valence-corrected chi connectivity index (χ3v) is 3.72. The summed E-state index contributed by atoms with van der Waals surface area (Å²) >= 11 is 1.99. The van der Waals surface area contributed by atoms with E-state index in [2.05, 4.69) is 25.1 Å². The maximum absolute atomic E-state index is 5.79. The molecule has 0 saturated heterocycles. The van der Waals surface area contributed by atoms with E-state index in [9.17, 15) is 0 Å². The van der Waals surface area contributed by atoms with Crippen molar-refractivity contribution in [2.24, 2.45) is 5.73 Å². The SMILES string of the molecule is CC(N)Cc1ccc2c(c1)SCCC2. The Hall–Kier alpha value is -0.470. The normalized spacial score (nSPS) is 17.6. The number of thioether (sulfide) groups is 1. The van der Waals surface area contributed by atoms with Crippen molar-refractivity contribution in [1.29, 1.82) is 0 Å². The molecule has 1 aromatic rings. The van der Waals surface area contributed by atoms with E-state index in [0.717, 1.165) is 6.42 Å². The summed E-state index contributed by atoms with van der Waals surface area (Å²) < 4.78 is 0. The van der Waals surface area contributed by atoms with Gasteiger partial charge in [-0.1, -0.05) is 12.1 Å². The molecule has 2 N–H and O–H groups in total. The average Bonchev–Trinajstić information content (AvgIpc) is 2.17. The minimum atomic E-state index is 0.265. The van der Waals surface area contributed by atoms with Gasteiger partial charge in [0.25, 0.3) is 0 Å². The highest BCUT2D eigenvalue weighted by atomic mass is 32.2. The Kier molecular flexibility index (Phi) is 3.14. The smallest absolute Gasteiger partial charge is 0.0107 e. The molecule has 0 saturated carbocycles. The molecule has 1 unspecified atom stereocenters. The molecule has 0 radical (unpaired) electrons. The highest BCUT2D eigenvalue weighted by Gasteiger charge is 2.10. The lowest BCUT2D eigenvalue weighted by molar-refractivity contribution is 0.735. The van der Waals surface area contributed by atoms with E-state index in [0.29, 0.717) is 0 Å². The van der Waals surface area contributed by atoms with E-state index in [1.54, 1.807) is 0 Å². The molecule has 0 spiro atoms. The Morgan fingerprint density at radius 3 is 3.14 bits per heavy atom.